The maximum atomic E-state index is 15.4. The van der Waals surface area contributed by atoms with Crippen LogP contribution in [0.25, 0.3) is 11.0 Å². The van der Waals surface area contributed by atoms with Gasteiger partial charge in [-0.25, -0.2) is 17.8 Å². The molecule has 0 saturated carbocycles. The van der Waals surface area contributed by atoms with E-state index in [4.69, 9.17) is 0 Å². The molecular weight excluding hydrogens is 635 g/mol. The van der Waals surface area contributed by atoms with Crippen molar-refractivity contribution in [3.05, 3.63) is 100 Å². The summed E-state index contributed by atoms with van der Waals surface area (Å²) in [5.74, 6) is -1.20. The van der Waals surface area contributed by atoms with E-state index in [-0.39, 0.29) is 56.9 Å². The Labute approximate surface area is 277 Å². The topological polar surface area (TPSA) is 152 Å². The van der Waals surface area contributed by atoms with Crippen LogP contribution < -0.4 is 21.1 Å². The lowest BCUT2D eigenvalue weighted by Gasteiger charge is -2.37. The van der Waals surface area contributed by atoms with E-state index < -0.39 is 27.1 Å². The van der Waals surface area contributed by atoms with Crippen LogP contribution in [0.4, 0.5) is 21.7 Å². The van der Waals surface area contributed by atoms with Crippen LogP contribution in [0.5, 0.6) is 0 Å². The second-order valence-electron chi connectivity index (χ2n) is 12.3. The summed E-state index contributed by atoms with van der Waals surface area (Å²) < 4.78 is 43.8. The molecule has 12 nitrogen and oxygen atoms in total. The van der Waals surface area contributed by atoms with E-state index in [0.29, 0.717) is 29.9 Å². The summed E-state index contributed by atoms with van der Waals surface area (Å²) in [6.45, 7) is 8.54. The fraction of sp³-hybridized carbons (Fsp3) is 0.294. The Morgan fingerprint density at radius 1 is 1.02 bits per heavy atom. The number of pyridine rings is 1. The van der Waals surface area contributed by atoms with Crippen LogP contribution in [-0.2, 0) is 16.4 Å². The Hall–Kier alpha value is -5.08. The standard InChI is InChI=1S/C34H35FN8O4S/c1-20(2)31(44)27-12-23-14-36-34(40-25-10-11-29(28(35)13-25)42-17-21(3)39-22(4)18-42)41-32(23)43(33(27)45)19-24-15-37-38-16-30(24)48(46,47)26-8-6-5-7-9-26/h5-16,20-22,39H,17-19H2,1-4H3,(H,36,40,41)/t21-,22+. The highest BCUT2D eigenvalue weighted by Gasteiger charge is 2.26. The van der Waals surface area contributed by atoms with E-state index in [9.17, 15) is 18.0 Å². The van der Waals surface area contributed by atoms with Crippen LogP contribution in [0.3, 0.4) is 0 Å². The molecule has 14 heteroatoms. The molecule has 0 aliphatic carbocycles. The second kappa shape index (κ2) is 13.2. The van der Waals surface area contributed by atoms with Gasteiger partial charge in [-0.1, -0.05) is 32.0 Å². The second-order valence-corrected chi connectivity index (χ2v) is 14.2. The number of aromatic nitrogens is 5. The molecule has 0 amide bonds. The lowest BCUT2D eigenvalue weighted by atomic mass is 10.0. The van der Waals surface area contributed by atoms with Gasteiger partial charge < -0.3 is 15.5 Å². The molecule has 1 aliphatic heterocycles. The molecular formula is C34H35FN8O4S. The Morgan fingerprint density at radius 3 is 2.42 bits per heavy atom. The number of benzene rings is 2. The summed E-state index contributed by atoms with van der Waals surface area (Å²) in [5, 5.41) is 14.5. The normalized spacial score (nSPS) is 16.8. The third-order valence-corrected chi connectivity index (χ3v) is 10.0. The first-order chi connectivity index (χ1) is 22.9. The van der Waals surface area contributed by atoms with Crippen molar-refractivity contribution in [2.24, 2.45) is 5.92 Å². The van der Waals surface area contributed by atoms with Gasteiger partial charge in [0.1, 0.15) is 11.5 Å². The van der Waals surface area contributed by atoms with Gasteiger partial charge in [0.05, 0.1) is 40.0 Å². The zero-order valence-corrected chi connectivity index (χ0v) is 27.7. The Morgan fingerprint density at radius 2 is 1.73 bits per heavy atom. The summed E-state index contributed by atoms with van der Waals surface area (Å²) in [7, 11) is -4.04. The maximum absolute atomic E-state index is 15.4. The van der Waals surface area contributed by atoms with Crippen molar-refractivity contribution >= 4 is 44.0 Å². The van der Waals surface area contributed by atoms with Crippen molar-refractivity contribution in [3.63, 3.8) is 0 Å². The molecule has 2 aromatic carbocycles. The Kier molecular flexibility index (Phi) is 9.03. The van der Waals surface area contributed by atoms with E-state index in [2.05, 4.69) is 44.6 Å². The van der Waals surface area contributed by atoms with Crippen molar-refractivity contribution < 1.29 is 17.6 Å². The molecule has 248 valence electrons. The molecule has 6 rings (SSSR count). The molecule has 0 bridgehead atoms. The van der Waals surface area contributed by atoms with Gasteiger partial charge in [-0.05, 0) is 50.2 Å². The van der Waals surface area contributed by atoms with Crippen molar-refractivity contribution in [2.75, 3.05) is 23.3 Å². The molecule has 3 aromatic heterocycles. The lowest BCUT2D eigenvalue weighted by Crippen LogP contribution is -2.54. The van der Waals surface area contributed by atoms with Gasteiger partial charge in [0.15, 0.2) is 5.78 Å². The number of nitrogens with zero attached hydrogens (tertiary/aromatic N) is 6. The molecule has 5 aromatic rings. The average molecular weight is 671 g/mol. The van der Waals surface area contributed by atoms with Crippen LogP contribution in [0, 0.1) is 11.7 Å². The quantitative estimate of drug-likeness (QED) is 0.215. The van der Waals surface area contributed by atoms with E-state index in [1.165, 1.54) is 41.2 Å². The first-order valence-corrected chi connectivity index (χ1v) is 17.0. The summed E-state index contributed by atoms with van der Waals surface area (Å²) in [5.41, 5.74) is 0.462. The number of Topliss-reactive ketones (excluding diaryl/α,β-unsaturated/α-hetero) is 1. The highest BCUT2D eigenvalue weighted by molar-refractivity contribution is 7.91. The van der Waals surface area contributed by atoms with Crippen molar-refractivity contribution in [1.29, 1.82) is 0 Å². The molecule has 0 radical (unpaired) electrons. The van der Waals surface area contributed by atoms with Gasteiger partial charge in [0.2, 0.25) is 15.8 Å². The van der Waals surface area contributed by atoms with Crippen molar-refractivity contribution in [2.45, 2.75) is 56.1 Å². The van der Waals surface area contributed by atoms with Gasteiger partial charge in [0.25, 0.3) is 5.56 Å². The number of carbonyl (C=O) groups excluding carboxylic acids is 1. The van der Waals surface area contributed by atoms with Gasteiger partial charge in [-0.15, -0.1) is 0 Å². The van der Waals surface area contributed by atoms with Crippen LogP contribution in [0.1, 0.15) is 43.6 Å². The van der Waals surface area contributed by atoms with E-state index >= 15 is 4.39 Å². The monoisotopic (exact) mass is 670 g/mol. The first kappa shape index (κ1) is 32.8. The number of piperazine rings is 1. The summed E-state index contributed by atoms with van der Waals surface area (Å²) in [4.78, 5) is 37.9. The van der Waals surface area contributed by atoms with Crippen molar-refractivity contribution in [1.82, 2.24) is 30.0 Å². The maximum Gasteiger partial charge on any atom is 0.263 e. The molecule has 1 saturated heterocycles. The molecule has 4 heterocycles. The Balaban J connectivity index is 1.41. The summed E-state index contributed by atoms with van der Waals surface area (Å²) >= 11 is 0. The number of sulfone groups is 1. The predicted molar refractivity (Wildman–Crippen MR) is 180 cm³/mol. The van der Waals surface area contributed by atoms with Crippen molar-refractivity contribution in [3.8, 4) is 0 Å². The fourth-order valence-electron chi connectivity index (χ4n) is 5.94. The van der Waals surface area contributed by atoms with E-state index in [1.807, 2.05) is 4.90 Å². The predicted octanol–water partition coefficient (Wildman–Crippen LogP) is 4.37. The third-order valence-electron chi connectivity index (χ3n) is 8.16. The van der Waals surface area contributed by atoms with Gasteiger partial charge in [-0.3, -0.25) is 14.2 Å². The minimum atomic E-state index is -4.04. The molecule has 1 aliphatic rings. The van der Waals surface area contributed by atoms with Gasteiger partial charge in [0, 0.05) is 53.9 Å². The molecule has 0 unspecified atom stereocenters. The third kappa shape index (κ3) is 6.53. The van der Waals surface area contributed by atoms with E-state index in [1.54, 1.807) is 44.2 Å². The van der Waals surface area contributed by atoms with Crippen LogP contribution in [0.15, 0.2) is 87.8 Å². The number of hydrogen-bond acceptors (Lipinski definition) is 11. The number of rotatable bonds is 9. The largest absolute Gasteiger partial charge is 0.366 e. The zero-order valence-electron chi connectivity index (χ0n) is 26.9. The number of nitrogens with one attached hydrogen (secondary N) is 2. The average Bonchev–Trinajstić information content (AvgIpc) is 3.06. The summed E-state index contributed by atoms with van der Waals surface area (Å²) in [6.07, 6.45) is 3.86. The lowest BCUT2D eigenvalue weighted by molar-refractivity contribution is 0.0937. The summed E-state index contributed by atoms with van der Waals surface area (Å²) in [6, 6.07) is 14.5. The number of hydrogen-bond donors (Lipinski definition) is 2. The van der Waals surface area contributed by atoms with Gasteiger partial charge in [-0.2, -0.15) is 15.2 Å². The molecule has 48 heavy (non-hydrogen) atoms. The Bertz CT molecular complexity index is 2170. The highest BCUT2D eigenvalue weighted by Crippen LogP contribution is 2.28. The number of ketones is 1. The van der Waals surface area contributed by atoms with Crippen LogP contribution in [0.2, 0.25) is 0 Å². The fourth-order valence-corrected chi connectivity index (χ4v) is 7.36. The molecule has 0 spiro atoms. The minimum absolute atomic E-state index is 0.0493. The minimum Gasteiger partial charge on any atom is -0.366 e. The first-order valence-electron chi connectivity index (χ1n) is 15.5. The number of fused-ring (bicyclic) bond motifs is 1. The molecule has 1 fully saturated rings. The number of carbonyl (C=O) groups is 1. The number of anilines is 3. The van der Waals surface area contributed by atoms with Crippen LogP contribution >= 0.6 is 0 Å². The van der Waals surface area contributed by atoms with E-state index in [0.717, 1.165) is 6.20 Å². The van der Waals surface area contributed by atoms with Crippen LogP contribution in [-0.4, -0.2) is 64.1 Å². The zero-order chi connectivity index (χ0) is 34.2. The van der Waals surface area contributed by atoms with Gasteiger partial charge >= 0.3 is 0 Å². The number of halogens is 1. The SMILES string of the molecule is CC(C)C(=O)c1cc2cnc(Nc3ccc(N4C[C@@H](C)N[C@@H](C)C4)c(F)c3)nc2n(Cc2cnncc2S(=O)(=O)c2ccccc2)c1=O. The smallest absolute Gasteiger partial charge is 0.263 e. The highest BCUT2D eigenvalue weighted by atomic mass is 32.2. The molecule has 2 N–H and O–H groups in total. The molecule has 2 atom stereocenters.